The molecule has 0 radical (unpaired) electrons. The molecule has 6 atom stereocenters. The number of urea groups is 1. The molecule has 4 amide bonds. The fraction of sp³-hybridized carbons (Fsp3) is 0.643. The molecule has 0 spiro atoms. The van der Waals surface area contributed by atoms with Crippen LogP contribution in [0.1, 0.15) is 33.1 Å². The van der Waals surface area contributed by atoms with Gasteiger partial charge in [0.1, 0.15) is 18.9 Å². The first kappa shape index (κ1) is 30.9. The van der Waals surface area contributed by atoms with Gasteiger partial charge in [0.2, 0.25) is 5.91 Å². The normalized spacial score (nSPS) is 28.6. The van der Waals surface area contributed by atoms with E-state index in [1.165, 1.54) is 28.8 Å². The molecule has 3 fully saturated rings. The summed E-state index contributed by atoms with van der Waals surface area (Å²) in [4.78, 5) is 57.1. The summed E-state index contributed by atoms with van der Waals surface area (Å²) in [7, 11) is 0. The maximum absolute atomic E-state index is 13.1. The Morgan fingerprint density at radius 3 is 2.46 bits per heavy atom. The summed E-state index contributed by atoms with van der Waals surface area (Å²) in [6.45, 7) is 12.1. The number of aliphatic hydroxyl groups excluding tert-OH is 2. The molecule has 3 N–H and O–H groups in total. The van der Waals surface area contributed by atoms with Crippen molar-refractivity contribution in [2.75, 3.05) is 39.4 Å². The van der Waals surface area contributed by atoms with E-state index in [1.54, 1.807) is 16.7 Å². The lowest BCUT2D eigenvalue weighted by molar-refractivity contribution is -0.164. The third-order valence-electron chi connectivity index (χ3n) is 8.10. The fourth-order valence-electron chi connectivity index (χ4n) is 6.03. The molecular formula is C28H40N4O8S. The van der Waals surface area contributed by atoms with Crippen LogP contribution in [-0.2, 0) is 19.1 Å². The van der Waals surface area contributed by atoms with Gasteiger partial charge in [-0.2, -0.15) is 0 Å². The van der Waals surface area contributed by atoms with Gasteiger partial charge in [-0.3, -0.25) is 4.79 Å². The van der Waals surface area contributed by atoms with E-state index in [2.05, 4.69) is 18.5 Å². The summed E-state index contributed by atoms with van der Waals surface area (Å²) in [5.74, 6) is -1.78. The third kappa shape index (κ3) is 6.41. The van der Waals surface area contributed by atoms with Crippen LogP contribution < -0.4 is 5.32 Å². The number of nitrogens with one attached hydrogen (secondary N) is 1. The number of thioether (sulfide) groups is 1. The topological polar surface area (TPSA) is 149 Å². The van der Waals surface area contributed by atoms with Crippen molar-refractivity contribution in [3.05, 3.63) is 35.9 Å². The van der Waals surface area contributed by atoms with Crippen LogP contribution in [0.2, 0.25) is 0 Å². The summed E-state index contributed by atoms with van der Waals surface area (Å²) in [5.41, 5.74) is 0.182. The van der Waals surface area contributed by atoms with Crippen LogP contribution >= 0.6 is 11.8 Å². The molecule has 4 aliphatic heterocycles. The van der Waals surface area contributed by atoms with Crippen molar-refractivity contribution in [3.8, 4) is 0 Å². The lowest BCUT2D eigenvalue weighted by atomic mass is 9.79. The Hall–Kier alpha value is -3.03. The second kappa shape index (κ2) is 13.3. The summed E-state index contributed by atoms with van der Waals surface area (Å²) in [5, 5.41) is 22.7. The second-order valence-electron chi connectivity index (χ2n) is 10.9. The molecule has 13 heteroatoms. The standard InChI is InChI=1S/C28H40N4O8S/c1-5-11-39-26(36)23-24(16(3)22-21(17(4)33)25(35)32(22)23)41-20-13-18(31(15-20)28(38)40-12-6-2)14-29-27(37)30-9-7-19(34)8-10-30/h5-6,16-22,33-34H,1-2,7-15H2,3-4H3,(H,29,37)/t16-,17-,18+,20+,21?,22-/m1/s1. The molecule has 41 heavy (non-hydrogen) atoms. The number of ether oxygens (including phenoxy) is 2. The molecule has 1 unspecified atom stereocenters. The largest absolute Gasteiger partial charge is 0.457 e. The van der Waals surface area contributed by atoms with Crippen molar-refractivity contribution in [1.82, 2.24) is 20.0 Å². The van der Waals surface area contributed by atoms with Gasteiger partial charge >= 0.3 is 18.1 Å². The molecule has 226 valence electrons. The molecule has 4 aliphatic rings. The van der Waals surface area contributed by atoms with E-state index in [9.17, 15) is 29.4 Å². The van der Waals surface area contributed by atoms with Gasteiger partial charge in [-0.1, -0.05) is 32.2 Å². The smallest absolute Gasteiger partial charge is 0.410 e. The maximum atomic E-state index is 13.1. The van der Waals surface area contributed by atoms with Gasteiger partial charge in [0.05, 0.1) is 30.2 Å². The van der Waals surface area contributed by atoms with Gasteiger partial charge in [-0.25, -0.2) is 14.4 Å². The number of nitrogens with zero attached hydrogens (tertiary/aromatic N) is 3. The average molecular weight is 593 g/mol. The molecule has 12 nitrogen and oxygen atoms in total. The van der Waals surface area contributed by atoms with Crippen molar-refractivity contribution in [2.45, 2.75) is 62.7 Å². The van der Waals surface area contributed by atoms with Crippen LogP contribution in [0.15, 0.2) is 35.9 Å². The van der Waals surface area contributed by atoms with Crippen molar-refractivity contribution in [2.24, 2.45) is 11.8 Å². The van der Waals surface area contributed by atoms with Crippen LogP contribution in [-0.4, -0.2) is 118 Å². The lowest BCUT2D eigenvalue weighted by Gasteiger charge is -2.46. The van der Waals surface area contributed by atoms with E-state index in [-0.39, 0.29) is 60.6 Å². The molecule has 4 heterocycles. The average Bonchev–Trinajstić information content (AvgIpc) is 3.45. The number of aliphatic hydroxyl groups is 2. The third-order valence-corrected chi connectivity index (χ3v) is 9.60. The molecule has 4 rings (SSSR count). The van der Waals surface area contributed by atoms with Gasteiger partial charge in [0.25, 0.3) is 0 Å². The van der Waals surface area contributed by atoms with Crippen LogP contribution in [0, 0.1) is 11.8 Å². The highest BCUT2D eigenvalue weighted by Gasteiger charge is 2.60. The summed E-state index contributed by atoms with van der Waals surface area (Å²) in [6.07, 6.45) is 2.70. The SMILES string of the molecule is C=CCOC(=O)C1=C(S[C@H]2C[C@@H](CNC(=O)N3CCC(O)CC3)N(C(=O)OCC=C)C2)[C@H](C)[C@@H]2C([C@@H](C)O)C(=O)N12. The highest BCUT2D eigenvalue weighted by atomic mass is 32.2. The Morgan fingerprint density at radius 1 is 1.17 bits per heavy atom. The molecule has 0 aromatic rings. The van der Waals surface area contributed by atoms with E-state index in [4.69, 9.17) is 9.47 Å². The van der Waals surface area contributed by atoms with Crippen molar-refractivity contribution < 1.29 is 38.9 Å². The van der Waals surface area contributed by atoms with Crippen LogP contribution in [0.3, 0.4) is 0 Å². The van der Waals surface area contributed by atoms with Crippen LogP contribution in [0.4, 0.5) is 9.59 Å². The molecule has 0 bridgehead atoms. The fourth-order valence-corrected chi connectivity index (χ4v) is 7.59. The van der Waals surface area contributed by atoms with E-state index in [0.717, 1.165) is 0 Å². The van der Waals surface area contributed by atoms with Gasteiger partial charge in [0, 0.05) is 42.3 Å². The molecule has 3 saturated heterocycles. The zero-order chi connectivity index (χ0) is 29.8. The molecular weight excluding hydrogens is 552 g/mol. The Morgan fingerprint density at radius 2 is 1.83 bits per heavy atom. The zero-order valence-electron chi connectivity index (χ0n) is 23.6. The predicted molar refractivity (Wildman–Crippen MR) is 151 cm³/mol. The van der Waals surface area contributed by atoms with Crippen LogP contribution in [0.5, 0.6) is 0 Å². The molecule has 0 aliphatic carbocycles. The first-order chi connectivity index (χ1) is 19.6. The number of carbonyl (C=O) groups is 4. The number of hydrogen-bond donors (Lipinski definition) is 3. The number of likely N-dealkylation sites (tertiary alicyclic amines) is 2. The van der Waals surface area contributed by atoms with Gasteiger partial charge in [-0.15, -0.1) is 11.8 Å². The number of esters is 1. The van der Waals surface area contributed by atoms with Crippen molar-refractivity contribution in [1.29, 1.82) is 0 Å². The highest BCUT2D eigenvalue weighted by Crippen LogP contribution is 2.52. The number of β-lactam (4-membered cyclic amide) rings is 1. The Bertz CT molecular complexity index is 1090. The second-order valence-corrected chi connectivity index (χ2v) is 12.2. The molecule has 0 aromatic carbocycles. The minimum atomic E-state index is -0.862. The predicted octanol–water partition coefficient (Wildman–Crippen LogP) is 1.45. The van der Waals surface area contributed by atoms with E-state index in [1.807, 2.05) is 6.92 Å². The minimum absolute atomic E-state index is 0.00864. The quantitative estimate of drug-likeness (QED) is 0.195. The van der Waals surface area contributed by atoms with Gasteiger partial charge < -0.3 is 39.7 Å². The first-order valence-electron chi connectivity index (χ1n) is 14.0. The van der Waals surface area contributed by atoms with E-state index in [0.29, 0.717) is 43.8 Å². The van der Waals surface area contributed by atoms with Crippen LogP contribution in [0.25, 0.3) is 0 Å². The zero-order valence-corrected chi connectivity index (χ0v) is 24.4. The number of piperidine rings is 1. The number of hydrogen-bond acceptors (Lipinski definition) is 9. The number of amides is 4. The van der Waals surface area contributed by atoms with Gasteiger partial charge in [0.15, 0.2) is 0 Å². The lowest BCUT2D eigenvalue weighted by Crippen LogP contribution is -2.63. The van der Waals surface area contributed by atoms with Crippen molar-refractivity contribution in [3.63, 3.8) is 0 Å². The monoisotopic (exact) mass is 592 g/mol. The number of carbonyl (C=O) groups excluding carboxylic acids is 4. The Labute approximate surface area is 244 Å². The summed E-state index contributed by atoms with van der Waals surface area (Å²) < 4.78 is 10.6. The van der Waals surface area contributed by atoms with E-state index >= 15 is 0 Å². The summed E-state index contributed by atoms with van der Waals surface area (Å²) in [6, 6.07) is -0.968. The van der Waals surface area contributed by atoms with Gasteiger partial charge in [-0.05, 0) is 26.2 Å². The maximum Gasteiger partial charge on any atom is 0.410 e. The highest BCUT2D eigenvalue weighted by molar-refractivity contribution is 8.03. The van der Waals surface area contributed by atoms with Crippen molar-refractivity contribution >= 4 is 35.8 Å². The Kier molecular flexibility index (Phi) is 10.0. The van der Waals surface area contributed by atoms with E-state index < -0.39 is 30.2 Å². The summed E-state index contributed by atoms with van der Waals surface area (Å²) >= 11 is 1.42. The first-order valence-corrected chi connectivity index (χ1v) is 14.9. The number of rotatable bonds is 10. The Balaban J connectivity index is 1.50. The number of fused-ring (bicyclic) bond motifs is 1. The minimum Gasteiger partial charge on any atom is -0.457 e. The molecule has 0 saturated carbocycles. The molecule has 0 aromatic heterocycles.